The lowest BCUT2D eigenvalue weighted by Crippen LogP contribution is -2.29. The number of carbonyl (C=O) groups excluding carboxylic acids is 1. The van der Waals surface area contributed by atoms with Gasteiger partial charge >= 0.3 is 6.18 Å². The molecule has 0 unspecified atom stereocenters. The predicted molar refractivity (Wildman–Crippen MR) is 70.4 cm³/mol. The third-order valence-corrected chi connectivity index (χ3v) is 3.10. The van der Waals surface area contributed by atoms with Crippen molar-refractivity contribution in [2.75, 3.05) is 7.05 Å². The van der Waals surface area contributed by atoms with Gasteiger partial charge in [-0.05, 0) is 24.3 Å². The van der Waals surface area contributed by atoms with Crippen molar-refractivity contribution < 1.29 is 18.0 Å². The molecule has 7 heteroatoms. The van der Waals surface area contributed by atoms with Crippen molar-refractivity contribution in [2.45, 2.75) is 12.7 Å². The van der Waals surface area contributed by atoms with E-state index in [1.54, 1.807) is 29.9 Å². The van der Waals surface area contributed by atoms with Crippen molar-refractivity contribution in [1.82, 2.24) is 14.5 Å². The van der Waals surface area contributed by atoms with E-state index in [2.05, 4.69) is 4.98 Å². The number of hydrogen-bond acceptors (Lipinski definition) is 2. The molecule has 0 N–H and O–H groups in total. The summed E-state index contributed by atoms with van der Waals surface area (Å²) in [7, 11) is 3.27. The van der Waals surface area contributed by atoms with Crippen LogP contribution < -0.4 is 0 Å². The molecule has 0 bridgehead atoms. The van der Waals surface area contributed by atoms with Gasteiger partial charge in [-0.1, -0.05) is 0 Å². The third-order valence-electron chi connectivity index (χ3n) is 3.10. The Bertz CT molecular complexity index is 649. The van der Waals surface area contributed by atoms with Crippen LogP contribution in [0.1, 0.15) is 21.7 Å². The summed E-state index contributed by atoms with van der Waals surface area (Å²) in [4.78, 5) is 16.8. The van der Waals surface area contributed by atoms with E-state index in [-0.39, 0.29) is 6.54 Å². The number of nitrogens with zero attached hydrogens (tertiary/aromatic N) is 3. The van der Waals surface area contributed by atoms with Crippen LogP contribution in [-0.4, -0.2) is 27.4 Å². The Morgan fingerprint density at radius 3 is 2.62 bits per heavy atom. The highest BCUT2D eigenvalue weighted by atomic mass is 19.4. The van der Waals surface area contributed by atoms with Crippen molar-refractivity contribution in [3.63, 3.8) is 0 Å². The first-order valence-electron chi connectivity index (χ1n) is 6.18. The zero-order chi connectivity index (χ0) is 15.6. The Morgan fingerprint density at radius 1 is 1.33 bits per heavy atom. The van der Waals surface area contributed by atoms with E-state index in [0.717, 1.165) is 18.0 Å². The Hall–Kier alpha value is -2.31. The molecular formula is C14H14F3N3O. The summed E-state index contributed by atoms with van der Waals surface area (Å²) in [6.07, 6.45) is -1.83. The van der Waals surface area contributed by atoms with Gasteiger partial charge in [-0.3, -0.25) is 9.78 Å². The highest BCUT2D eigenvalue weighted by Crippen LogP contribution is 2.30. The van der Waals surface area contributed by atoms with Crippen LogP contribution in [0, 0.1) is 0 Å². The lowest BCUT2D eigenvalue weighted by molar-refractivity contribution is -0.141. The maximum atomic E-state index is 12.9. The standard InChI is InChI=1S/C14H14F3N3O/c1-19-8-4-5-10(19)9-20(2)13(21)11-6-3-7-18-12(11)14(15,16)17/h3-8H,9H2,1-2H3. The topological polar surface area (TPSA) is 38.1 Å². The molecule has 0 aliphatic rings. The molecule has 0 atom stereocenters. The molecule has 0 aliphatic heterocycles. The molecule has 2 aromatic rings. The molecule has 2 heterocycles. The average Bonchev–Trinajstić information content (AvgIpc) is 2.82. The minimum atomic E-state index is -4.65. The highest BCUT2D eigenvalue weighted by Gasteiger charge is 2.37. The van der Waals surface area contributed by atoms with Gasteiger partial charge in [0.25, 0.3) is 5.91 Å². The van der Waals surface area contributed by atoms with Crippen molar-refractivity contribution >= 4 is 5.91 Å². The molecule has 4 nitrogen and oxygen atoms in total. The van der Waals surface area contributed by atoms with Crippen LogP contribution in [0.4, 0.5) is 13.2 Å². The van der Waals surface area contributed by atoms with Crippen molar-refractivity contribution in [3.8, 4) is 0 Å². The smallest absolute Gasteiger partial charge is 0.353 e. The van der Waals surface area contributed by atoms with Crippen LogP contribution in [0.3, 0.4) is 0 Å². The minimum Gasteiger partial charge on any atom is -0.353 e. The second-order valence-electron chi connectivity index (χ2n) is 4.67. The number of carbonyl (C=O) groups is 1. The minimum absolute atomic E-state index is 0.217. The van der Waals surface area contributed by atoms with Crippen molar-refractivity contribution in [3.05, 3.63) is 53.6 Å². The van der Waals surface area contributed by atoms with Crippen LogP contribution in [0.25, 0.3) is 0 Å². The summed E-state index contributed by atoms with van der Waals surface area (Å²) in [6.45, 7) is 0.217. The normalized spacial score (nSPS) is 11.5. The van der Waals surface area contributed by atoms with Gasteiger partial charge in [-0.25, -0.2) is 0 Å². The van der Waals surface area contributed by atoms with E-state index < -0.39 is 23.3 Å². The third kappa shape index (κ3) is 3.24. The summed E-state index contributed by atoms with van der Waals surface area (Å²) in [6, 6.07) is 6.06. The monoisotopic (exact) mass is 297 g/mol. The zero-order valence-corrected chi connectivity index (χ0v) is 11.6. The fourth-order valence-corrected chi connectivity index (χ4v) is 1.98. The number of pyridine rings is 1. The van der Waals surface area contributed by atoms with Gasteiger partial charge in [0.1, 0.15) is 0 Å². The van der Waals surface area contributed by atoms with Crippen LogP contribution >= 0.6 is 0 Å². The van der Waals surface area contributed by atoms with Gasteiger partial charge in [0.2, 0.25) is 0 Å². The molecule has 0 aromatic carbocycles. The first-order valence-corrected chi connectivity index (χ1v) is 6.18. The van der Waals surface area contributed by atoms with Crippen LogP contribution in [0.5, 0.6) is 0 Å². The Labute approximate surface area is 119 Å². The number of amides is 1. The van der Waals surface area contributed by atoms with E-state index in [9.17, 15) is 18.0 Å². The molecule has 0 saturated heterocycles. The molecule has 2 rings (SSSR count). The summed E-state index contributed by atoms with van der Waals surface area (Å²) in [5, 5.41) is 0. The fraction of sp³-hybridized carbons (Fsp3) is 0.286. The van der Waals surface area contributed by atoms with Crippen LogP contribution in [0.2, 0.25) is 0 Å². The van der Waals surface area contributed by atoms with Gasteiger partial charge in [0, 0.05) is 32.2 Å². The predicted octanol–water partition coefficient (Wildman–Crippen LogP) is 2.71. The highest BCUT2D eigenvalue weighted by molar-refractivity contribution is 5.95. The fourth-order valence-electron chi connectivity index (χ4n) is 1.98. The van der Waals surface area contributed by atoms with Gasteiger partial charge in [-0.15, -0.1) is 0 Å². The summed E-state index contributed by atoms with van der Waals surface area (Å²) in [5.74, 6) is -0.711. The zero-order valence-electron chi connectivity index (χ0n) is 11.6. The Morgan fingerprint density at radius 2 is 2.05 bits per heavy atom. The summed E-state index contributed by atoms with van der Waals surface area (Å²) < 4.78 is 40.4. The number of alkyl halides is 3. The van der Waals surface area contributed by atoms with E-state index in [0.29, 0.717) is 0 Å². The molecule has 2 aromatic heterocycles. The molecule has 0 spiro atoms. The number of aryl methyl sites for hydroxylation is 1. The molecule has 0 radical (unpaired) electrons. The maximum Gasteiger partial charge on any atom is 0.434 e. The average molecular weight is 297 g/mol. The first kappa shape index (κ1) is 15.1. The van der Waals surface area contributed by atoms with Gasteiger partial charge < -0.3 is 9.47 Å². The molecule has 0 fully saturated rings. The number of halogens is 3. The van der Waals surface area contributed by atoms with Crippen molar-refractivity contribution in [1.29, 1.82) is 0 Å². The summed E-state index contributed by atoms with van der Waals surface area (Å²) >= 11 is 0. The molecule has 21 heavy (non-hydrogen) atoms. The molecule has 0 saturated carbocycles. The molecule has 112 valence electrons. The van der Waals surface area contributed by atoms with E-state index in [1.165, 1.54) is 18.0 Å². The van der Waals surface area contributed by atoms with E-state index in [1.807, 2.05) is 0 Å². The van der Waals surface area contributed by atoms with E-state index >= 15 is 0 Å². The van der Waals surface area contributed by atoms with Gasteiger partial charge in [-0.2, -0.15) is 13.2 Å². The number of aromatic nitrogens is 2. The van der Waals surface area contributed by atoms with Crippen LogP contribution in [0.15, 0.2) is 36.7 Å². The molecule has 1 amide bonds. The Kier molecular flexibility index (Phi) is 4.02. The lowest BCUT2D eigenvalue weighted by atomic mass is 10.1. The van der Waals surface area contributed by atoms with Gasteiger partial charge in [0.05, 0.1) is 12.1 Å². The van der Waals surface area contributed by atoms with E-state index in [4.69, 9.17) is 0 Å². The maximum absolute atomic E-state index is 12.9. The molecule has 0 aliphatic carbocycles. The first-order chi connectivity index (χ1) is 9.80. The Balaban J connectivity index is 2.26. The van der Waals surface area contributed by atoms with Crippen molar-refractivity contribution in [2.24, 2.45) is 7.05 Å². The SMILES string of the molecule is CN(Cc1cccn1C)C(=O)c1cccnc1C(F)(F)F. The lowest BCUT2D eigenvalue weighted by Gasteiger charge is -2.19. The number of rotatable bonds is 3. The number of hydrogen-bond donors (Lipinski definition) is 0. The second kappa shape index (κ2) is 5.59. The molecular weight excluding hydrogens is 283 g/mol. The largest absolute Gasteiger partial charge is 0.434 e. The second-order valence-corrected chi connectivity index (χ2v) is 4.67. The van der Waals surface area contributed by atoms with Gasteiger partial charge in [0.15, 0.2) is 5.69 Å². The van der Waals surface area contributed by atoms with Crippen LogP contribution in [-0.2, 0) is 19.8 Å². The quantitative estimate of drug-likeness (QED) is 0.873. The summed E-state index contributed by atoms with van der Waals surface area (Å²) in [5.41, 5.74) is -0.779.